The molecule has 0 amide bonds. The zero-order valence-electron chi connectivity index (χ0n) is 15.3. The third kappa shape index (κ3) is 3.52. The molecule has 0 aliphatic carbocycles. The highest BCUT2D eigenvalue weighted by Crippen LogP contribution is 2.24. The maximum atomic E-state index is 11.3. The molecular weight excluding hydrogens is 342 g/mol. The van der Waals surface area contributed by atoms with Gasteiger partial charge in [0.2, 0.25) is 5.95 Å². The average Bonchev–Trinajstić information content (AvgIpc) is 3.00. The van der Waals surface area contributed by atoms with Crippen molar-refractivity contribution < 1.29 is 4.42 Å². The number of fused-ring (bicyclic) bond motifs is 1. The third-order valence-corrected chi connectivity index (χ3v) is 4.29. The zero-order valence-corrected chi connectivity index (χ0v) is 15.3. The number of aromatic amines is 1. The monoisotopic (exact) mass is 361 g/mol. The number of hydrogen-bond acceptors (Lipinski definition) is 6. The Bertz CT molecular complexity index is 1190. The summed E-state index contributed by atoms with van der Waals surface area (Å²) in [5.74, 6) is 0.720. The van der Waals surface area contributed by atoms with Crippen LogP contribution in [0.25, 0.3) is 11.1 Å². The predicted molar refractivity (Wildman–Crippen MR) is 106 cm³/mol. The second-order valence-electron chi connectivity index (χ2n) is 6.52. The fourth-order valence-corrected chi connectivity index (χ4v) is 2.79. The summed E-state index contributed by atoms with van der Waals surface area (Å²) in [6.45, 7) is 6.02. The van der Waals surface area contributed by atoms with Gasteiger partial charge in [-0.05, 0) is 56.2 Å². The Morgan fingerprint density at radius 1 is 1.00 bits per heavy atom. The van der Waals surface area contributed by atoms with Crippen molar-refractivity contribution in [3.8, 4) is 0 Å². The number of nitrogens with one attached hydrogen (secondary N) is 3. The van der Waals surface area contributed by atoms with Crippen LogP contribution >= 0.6 is 0 Å². The lowest BCUT2D eigenvalue weighted by Gasteiger charge is -2.12. The maximum Gasteiger partial charge on any atom is 0.417 e. The molecular formula is C20H19N5O2. The van der Waals surface area contributed by atoms with Crippen LogP contribution in [0.2, 0.25) is 0 Å². The van der Waals surface area contributed by atoms with Crippen LogP contribution in [0, 0.1) is 20.8 Å². The Hall–Kier alpha value is -3.61. The molecule has 136 valence electrons. The van der Waals surface area contributed by atoms with Gasteiger partial charge < -0.3 is 15.1 Å². The van der Waals surface area contributed by atoms with E-state index in [1.54, 1.807) is 18.3 Å². The van der Waals surface area contributed by atoms with E-state index in [1.807, 2.05) is 26.8 Å². The first-order valence-electron chi connectivity index (χ1n) is 8.56. The van der Waals surface area contributed by atoms with E-state index in [9.17, 15) is 4.79 Å². The molecule has 7 heteroatoms. The van der Waals surface area contributed by atoms with Crippen molar-refractivity contribution in [2.75, 3.05) is 10.6 Å². The van der Waals surface area contributed by atoms with Crippen LogP contribution in [0.4, 0.5) is 23.1 Å². The summed E-state index contributed by atoms with van der Waals surface area (Å²) in [5.41, 5.74) is 6.10. The molecule has 0 saturated heterocycles. The van der Waals surface area contributed by atoms with E-state index in [2.05, 4.69) is 43.8 Å². The molecule has 3 N–H and O–H groups in total. The van der Waals surface area contributed by atoms with Crippen molar-refractivity contribution in [1.29, 1.82) is 0 Å². The molecule has 2 aromatic carbocycles. The zero-order chi connectivity index (χ0) is 19.0. The Balaban J connectivity index is 1.63. The average molecular weight is 361 g/mol. The molecule has 0 aliphatic rings. The number of hydrogen-bond donors (Lipinski definition) is 3. The molecule has 0 unspecified atom stereocenters. The first-order valence-corrected chi connectivity index (χ1v) is 8.56. The van der Waals surface area contributed by atoms with Crippen LogP contribution in [-0.2, 0) is 0 Å². The van der Waals surface area contributed by atoms with E-state index in [0.29, 0.717) is 22.9 Å². The van der Waals surface area contributed by atoms with Gasteiger partial charge in [0.15, 0.2) is 5.58 Å². The van der Waals surface area contributed by atoms with Crippen LogP contribution < -0.4 is 16.4 Å². The molecule has 2 heterocycles. The van der Waals surface area contributed by atoms with Crippen LogP contribution in [0.15, 0.2) is 51.8 Å². The van der Waals surface area contributed by atoms with Gasteiger partial charge in [0.25, 0.3) is 0 Å². The van der Waals surface area contributed by atoms with Crippen molar-refractivity contribution in [3.05, 3.63) is 69.8 Å². The maximum absolute atomic E-state index is 11.3. The molecule has 0 fully saturated rings. The number of aryl methyl sites for hydroxylation is 3. The van der Waals surface area contributed by atoms with E-state index >= 15 is 0 Å². The highest BCUT2D eigenvalue weighted by molar-refractivity contribution is 5.78. The van der Waals surface area contributed by atoms with Crippen LogP contribution in [0.1, 0.15) is 16.7 Å². The van der Waals surface area contributed by atoms with Crippen LogP contribution in [-0.4, -0.2) is 15.0 Å². The first kappa shape index (κ1) is 16.8. The summed E-state index contributed by atoms with van der Waals surface area (Å²) in [6, 6.07) is 11.6. The summed E-state index contributed by atoms with van der Waals surface area (Å²) in [6.07, 6.45) is 1.76. The summed E-state index contributed by atoms with van der Waals surface area (Å²) in [5, 5.41) is 6.55. The Labute approximate surface area is 155 Å². The number of oxazole rings is 1. The second-order valence-corrected chi connectivity index (χ2v) is 6.52. The summed E-state index contributed by atoms with van der Waals surface area (Å²) < 4.78 is 5.03. The van der Waals surface area contributed by atoms with Gasteiger partial charge in [-0.1, -0.05) is 12.1 Å². The largest absolute Gasteiger partial charge is 0.417 e. The number of aromatic nitrogens is 3. The normalized spacial score (nSPS) is 10.9. The predicted octanol–water partition coefficient (Wildman–Crippen LogP) is 4.32. The molecule has 27 heavy (non-hydrogen) atoms. The highest BCUT2D eigenvalue weighted by atomic mass is 16.4. The van der Waals surface area contributed by atoms with Crippen molar-refractivity contribution in [2.45, 2.75) is 20.8 Å². The third-order valence-electron chi connectivity index (χ3n) is 4.29. The minimum absolute atomic E-state index is 0.472. The number of benzene rings is 2. The second kappa shape index (κ2) is 6.60. The van der Waals surface area contributed by atoms with Crippen LogP contribution in [0.3, 0.4) is 0 Å². The quantitative estimate of drug-likeness (QED) is 0.501. The lowest BCUT2D eigenvalue weighted by atomic mass is 10.1. The molecule has 0 bridgehead atoms. The molecule has 4 rings (SSSR count). The number of nitrogens with zero attached hydrogens (tertiary/aromatic N) is 2. The molecule has 0 radical (unpaired) electrons. The topological polar surface area (TPSA) is 95.8 Å². The van der Waals surface area contributed by atoms with E-state index in [1.165, 1.54) is 0 Å². The Kier molecular flexibility index (Phi) is 4.12. The minimum Gasteiger partial charge on any atom is -0.408 e. The van der Waals surface area contributed by atoms with Crippen molar-refractivity contribution in [3.63, 3.8) is 0 Å². The van der Waals surface area contributed by atoms with Crippen molar-refractivity contribution in [2.24, 2.45) is 0 Å². The number of anilines is 4. The summed E-state index contributed by atoms with van der Waals surface area (Å²) in [7, 11) is 0. The lowest BCUT2D eigenvalue weighted by Crippen LogP contribution is -2.03. The SMILES string of the molecule is Cc1ccc(C)c(Nc2ncc(C)c(Nc3ccc4oc(=O)[nH]c4c3)n2)c1. The summed E-state index contributed by atoms with van der Waals surface area (Å²) in [4.78, 5) is 22.9. The van der Waals surface area contributed by atoms with Gasteiger partial charge in [0.05, 0.1) is 5.52 Å². The van der Waals surface area contributed by atoms with Gasteiger partial charge in [-0.3, -0.25) is 4.98 Å². The number of H-pyrrole nitrogens is 1. The van der Waals surface area contributed by atoms with Gasteiger partial charge in [-0.2, -0.15) is 4.98 Å². The van der Waals surface area contributed by atoms with E-state index in [4.69, 9.17) is 4.42 Å². The Morgan fingerprint density at radius 2 is 1.85 bits per heavy atom. The van der Waals surface area contributed by atoms with Gasteiger partial charge >= 0.3 is 5.76 Å². The molecule has 2 aromatic heterocycles. The standard InChI is InChI=1S/C20H19N5O2/c1-11-4-5-12(2)15(8-11)23-19-21-10-13(3)18(25-19)22-14-6-7-17-16(9-14)24-20(26)27-17/h4-10H,1-3H3,(H,24,26)(H2,21,22,23,25). The molecule has 0 spiro atoms. The van der Waals surface area contributed by atoms with Crippen molar-refractivity contribution >= 4 is 34.2 Å². The molecule has 0 aliphatic heterocycles. The fourth-order valence-electron chi connectivity index (χ4n) is 2.79. The van der Waals surface area contributed by atoms with Crippen LogP contribution in [0.5, 0.6) is 0 Å². The van der Waals surface area contributed by atoms with Gasteiger partial charge in [-0.25, -0.2) is 9.78 Å². The molecule has 4 aromatic rings. The molecule has 0 saturated carbocycles. The van der Waals surface area contributed by atoms with E-state index in [-0.39, 0.29) is 0 Å². The van der Waals surface area contributed by atoms with E-state index < -0.39 is 5.76 Å². The van der Waals surface area contributed by atoms with Gasteiger partial charge in [0, 0.05) is 23.1 Å². The fraction of sp³-hybridized carbons (Fsp3) is 0.150. The number of rotatable bonds is 4. The highest BCUT2D eigenvalue weighted by Gasteiger charge is 2.08. The lowest BCUT2D eigenvalue weighted by molar-refractivity contribution is 0.555. The smallest absolute Gasteiger partial charge is 0.408 e. The Morgan fingerprint density at radius 3 is 2.70 bits per heavy atom. The van der Waals surface area contributed by atoms with Crippen molar-refractivity contribution in [1.82, 2.24) is 15.0 Å². The minimum atomic E-state index is -0.472. The molecule has 0 atom stereocenters. The summed E-state index contributed by atoms with van der Waals surface area (Å²) >= 11 is 0. The molecule has 7 nitrogen and oxygen atoms in total. The first-order chi connectivity index (χ1) is 13.0. The van der Waals surface area contributed by atoms with Gasteiger partial charge in [0.1, 0.15) is 5.82 Å². The van der Waals surface area contributed by atoms with Gasteiger partial charge in [-0.15, -0.1) is 0 Å². The van der Waals surface area contributed by atoms with E-state index in [0.717, 1.165) is 28.1 Å².